The average molecular weight is 963 g/mol. The zero-order valence-electron chi connectivity index (χ0n) is 41.5. The van der Waals surface area contributed by atoms with E-state index in [1.807, 2.05) is 0 Å². The van der Waals surface area contributed by atoms with E-state index in [9.17, 15) is 0 Å². The quantitative estimate of drug-likeness (QED) is 0.167. The van der Waals surface area contributed by atoms with Crippen LogP contribution >= 0.6 is 0 Å². The minimum absolute atomic E-state index is 0.491. The molecule has 1 unspecified atom stereocenters. The number of nitrogens with zero attached hydrogens (tertiary/aromatic N) is 2. The minimum atomic E-state index is -0.552. The number of hydrogen-bond acceptors (Lipinski definition) is 1. The molecule has 17 rings (SSSR count). The van der Waals surface area contributed by atoms with Gasteiger partial charge >= 0.3 is 0 Å². The Morgan fingerprint density at radius 1 is 0.263 bits per heavy atom. The zero-order valence-corrected chi connectivity index (χ0v) is 41.5. The summed E-state index contributed by atoms with van der Waals surface area (Å²) >= 11 is 0. The van der Waals surface area contributed by atoms with Gasteiger partial charge in [0, 0.05) is 27.7 Å². The molecule has 2 heterocycles. The molecule has 0 bridgehead atoms. The maximum atomic E-state index is 2.55. The van der Waals surface area contributed by atoms with E-state index in [1.165, 1.54) is 117 Å². The fraction of sp³-hybridized carbons (Fsp3) is 0.0270. The predicted molar refractivity (Wildman–Crippen MR) is 313 cm³/mol. The van der Waals surface area contributed by atoms with Crippen molar-refractivity contribution in [1.29, 1.82) is 0 Å². The lowest BCUT2D eigenvalue weighted by molar-refractivity contribution is 0.748. The molecule has 3 aliphatic carbocycles. The van der Waals surface area contributed by atoms with E-state index in [1.54, 1.807) is 0 Å². The summed E-state index contributed by atoms with van der Waals surface area (Å²) < 4.78 is 2.53. The molecule has 2 nitrogen and oxygen atoms in total. The molecule has 1 atom stereocenters. The molecule has 4 aliphatic rings. The van der Waals surface area contributed by atoms with Gasteiger partial charge < -0.3 is 9.47 Å². The summed E-state index contributed by atoms with van der Waals surface area (Å²) in [5.74, 6) is 0. The van der Waals surface area contributed by atoms with Gasteiger partial charge in [0.1, 0.15) is 0 Å². The molecule has 0 amide bonds. The topological polar surface area (TPSA) is 8.17 Å². The van der Waals surface area contributed by atoms with Crippen LogP contribution < -0.4 is 4.90 Å². The van der Waals surface area contributed by atoms with Gasteiger partial charge in [-0.25, -0.2) is 0 Å². The fourth-order valence-corrected chi connectivity index (χ4v) is 14.7. The van der Waals surface area contributed by atoms with Gasteiger partial charge in [0.25, 0.3) is 0 Å². The molecule has 1 aromatic heterocycles. The van der Waals surface area contributed by atoms with E-state index < -0.39 is 10.8 Å². The largest absolute Gasteiger partial charge is 0.310 e. The van der Waals surface area contributed by atoms with Gasteiger partial charge in [0.2, 0.25) is 0 Å². The van der Waals surface area contributed by atoms with Crippen LogP contribution in [0.25, 0.3) is 83.1 Å². The first-order valence-electron chi connectivity index (χ1n) is 26.6. The Morgan fingerprint density at radius 2 is 0.724 bits per heavy atom. The SMILES string of the molecule is c1ccc(-c2ccc(-c3ccccc3N(c3ccc4c(c3)-c3ccccc3C43c4ccccc4-n4c5ccccc5c5cccc3c54)c3ccc4c(c3)C3(c5ccccc5-c5ccccc53)c3ccccc3-4)cc2)cc1. The number of para-hydroxylation sites is 4. The standard InChI is InChI=1S/C74H46N2/c1-2-19-47(20-3-1)48-37-39-49(40-38-48)52-21-8-15-34-69(52)75(51-41-43-57-55-24-6-12-30-63(55)73(68(57)46-51)61-28-10-4-22-53(61)54-23-5-11-29-62(54)73)50-42-44-65-60(45-50)56-25-7-13-31-64(56)74(65)66-32-14-17-36-71(66)76-70-35-16-9-26-58(70)59-27-18-33-67(74)72(59)76/h1-46H. The highest BCUT2D eigenvalue weighted by Crippen LogP contribution is 2.65. The lowest BCUT2D eigenvalue weighted by Gasteiger charge is -2.39. The summed E-state index contributed by atoms with van der Waals surface area (Å²) in [4.78, 5) is 2.55. The van der Waals surface area contributed by atoms with Crippen molar-refractivity contribution in [1.82, 2.24) is 4.57 Å². The van der Waals surface area contributed by atoms with Crippen molar-refractivity contribution < 1.29 is 0 Å². The van der Waals surface area contributed by atoms with Crippen molar-refractivity contribution in [2.75, 3.05) is 4.90 Å². The molecule has 352 valence electrons. The van der Waals surface area contributed by atoms with Crippen molar-refractivity contribution >= 4 is 38.9 Å². The number of fused-ring (bicyclic) bond motifs is 22. The molecule has 0 saturated carbocycles. The van der Waals surface area contributed by atoms with Gasteiger partial charge in [-0.15, -0.1) is 0 Å². The third kappa shape index (κ3) is 5.25. The number of anilines is 3. The van der Waals surface area contributed by atoms with Crippen LogP contribution in [-0.4, -0.2) is 4.57 Å². The van der Waals surface area contributed by atoms with E-state index in [0.29, 0.717) is 0 Å². The van der Waals surface area contributed by atoms with Crippen molar-refractivity contribution in [3.8, 4) is 61.3 Å². The first-order chi connectivity index (χ1) is 37.7. The Bertz CT molecular complexity index is 4530. The molecule has 2 heteroatoms. The van der Waals surface area contributed by atoms with Gasteiger partial charge in [0.15, 0.2) is 0 Å². The number of rotatable bonds is 5. The zero-order chi connectivity index (χ0) is 49.7. The third-order valence-corrected chi connectivity index (χ3v) is 17.6. The second kappa shape index (κ2) is 15.4. The van der Waals surface area contributed by atoms with Gasteiger partial charge in [-0.3, -0.25) is 0 Å². The van der Waals surface area contributed by atoms with Gasteiger partial charge in [-0.2, -0.15) is 0 Å². The first-order valence-corrected chi connectivity index (χ1v) is 26.6. The monoisotopic (exact) mass is 962 g/mol. The molecule has 76 heavy (non-hydrogen) atoms. The Hall–Kier alpha value is -9.76. The molecule has 1 aliphatic heterocycles. The van der Waals surface area contributed by atoms with Crippen molar-refractivity contribution in [2.45, 2.75) is 10.8 Å². The molecule has 2 spiro atoms. The molecule has 13 aromatic rings. The highest BCUT2D eigenvalue weighted by molar-refractivity contribution is 6.13. The molecule has 0 saturated heterocycles. The summed E-state index contributed by atoms with van der Waals surface area (Å²) in [5, 5.41) is 2.56. The van der Waals surface area contributed by atoms with Gasteiger partial charge in [0.05, 0.1) is 33.2 Å². The second-order valence-electron chi connectivity index (χ2n) is 21.0. The first kappa shape index (κ1) is 41.7. The second-order valence-corrected chi connectivity index (χ2v) is 21.0. The van der Waals surface area contributed by atoms with Crippen LogP contribution in [0.2, 0.25) is 0 Å². The van der Waals surface area contributed by atoms with E-state index >= 15 is 0 Å². The van der Waals surface area contributed by atoms with E-state index in [2.05, 4.69) is 289 Å². The number of aromatic nitrogens is 1. The van der Waals surface area contributed by atoms with Crippen molar-refractivity contribution in [2.24, 2.45) is 0 Å². The van der Waals surface area contributed by atoms with Gasteiger partial charge in [-0.1, -0.05) is 237 Å². The summed E-state index contributed by atoms with van der Waals surface area (Å²) in [6, 6.07) is 105. The maximum absolute atomic E-state index is 2.55. The Kier molecular flexibility index (Phi) is 8.44. The molecular weight excluding hydrogens is 917 g/mol. The maximum Gasteiger partial charge on any atom is 0.0754 e. The summed E-state index contributed by atoms with van der Waals surface area (Å²) in [5.41, 5.74) is 29.1. The molecule has 12 aromatic carbocycles. The Balaban J connectivity index is 0.931. The van der Waals surface area contributed by atoms with Crippen LogP contribution in [0.1, 0.15) is 44.5 Å². The van der Waals surface area contributed by atoms with E-state index in [-0.39, 0.29) is 0 Å². The highest BCUT2D eigenvalue weighted by atomic mass is 15.1. The highest BCUT2D eigenvalue weighted by Gasteiger charge is 2.53. The molecular formula is C74H46N2. The normalized spacial score (nSPS) is 15.3. The Morgan fingerprint density at radius 3 is 1.42 bits per heavy atom. The van der Waals surface area contributed by atoms with Crippen LogP contribution in [0.5, 0.6) is 0 Å². The summed E-state index contributed by atoms with van der Waals surface area (Å²) in [6.45, 7) is 0. The van der Waals surface area contributed by atoms with Crippen LogP contribution in [0.4, 0.5) is 17.1 Å². The Labute approximate surface area is 441 Å². The van der Waals surface area contributed by atoms with Crippen LogP contribution in [0.15, 0.2) is 279 Å². The number of hydrogen-bond donors (Lipinski definition) is 0. The lowest BCUT2D eigenvalue weighted by Crippen LogP contribution is -2.33. The minimum Gasteiger partial charge on any atom is -0.310 e. The molecule has 0 N–H and O–H groups in total. The lowest BCUT2D eigenvalue weighted by atomic mass is 9.65. The van der Waals surface area contributed by atoms with Crippen molar-refractivity contribution in [3.63, 3.8) is 0 Å². The average Bonchev–Trinajstić information content (AvgIpc) is 4.38. The molecule has 0 fully saturated rings. The van der Waals surface area contributed by atoms with Crippen LogP contribution in [0, 0.1) is 0 Å². The fourth-order valence-electron chi connectivity index (χ4n) is 14.7. The van der Waals surface area contributed by atoms with E-state index in [0.717, 1.165) is 28.2 Å². The number of benzene rings is 12. The molecule has 0 radical (unpaired) electrons. The third-order valence-electron chi connectivity index (χ3n) is 17.6. The summed E-state index contributed by atoms with van der Waals surface area (Å²) in [6.07, 6.45) is 0. The van der Waals surface area contributed by atoms with Gasteiger partial charge in [-0.05, 0) is 137 Å². The smallest absolute Gasteiger partial charge is 0.0754 e. The van der Waals surface area contributed by atoms with Crippen LogP contribution in [-0.2, 0) is 10.8 Å². The van der Waals surface area contributed by atoms with Crippen molar-refractivity contribution in [3.05, 3.63) is 324 Å². The predicted octanol–water partition coefficient (Wildman–Crippen LogP) is 18.6. The summed E-state index contributed by atoms with van der Waals surface area (Å²) in [7, 11) is 0. The van der Waals surface area contributed by atoms with E-state index in [4.69, 9.17) is 0 Å². The van der Waals surface area contributed by atoms with Crippen LogP contribution in [0.3, 0.4) is 0 Å².